The number of benzene rings is 1. The van der Waals surface area contributed by atoms with E-state index >= 15 is 0 Å². The predicted molar refractivity (Wildman–Crippen MR) is 94.7 cm³/mol. The SMILES string of the molecule is COc1cccc(C(=O)N[C@H]2CCCN(Cc3c(C)noc3C)C2)c1. The lowest BCUT2D eigenvalue weighted by Crippen LogP contribution is -2.47. The second-order valence-electron chi connectivity index (χ2n) is 6.58. The van der Waals surface area contributed by atoms with Crippen LogP contribution >= 0.6 is 0 Å². The first-order chi connectivity index (χ1) is 12.1. The molecule has 0 saturated carbocycles. The van der Waals surface area contributed by atoms with E-state index in [1.54, 1.807) is 13.2 Å². The Balaban J connectivity index is 1.60. The van der Waals surface area contributed by atoms with Crippen LogP contribution in [-0.2, 0) is 6.54 Å². The summed E-state index contributed by atoms with van der Waals surface area (Å²) in [5.41, 5.74) is 2.72. The third kappa shape index (κ3) is 4.20. The van der Waals surface area contributed by atoms with Crippen LogP contribution in [0, 0.1) is 13.8 Å². The fourth-order valence-electron chi connectivity index (χ4n) is 3.30. The minimum absolute atomic E-state index is 0.0527. The molecule has 1 aromatic heterocycles. The molecule has 6 nitrogen and oxygen atoms in total. The van der Waals surface area contributed by atoms with Crippen LogP contribution in [-0.4, -0.2) is 42.2 Å². The molecule has 25 heavy (non-hydrogen) atoms. The van der Waals surface area contributed by atoms with Crippen LogP contribution in [0.2, 0.25) is 0 Å². The first kappa shape index (κ1) is 17.5. The molecule has 6 heteroatoms. The summed E-state index contributed by atoms with van der Waals surface area (Å²) >= 11 is 0. The molecule has 0 radical (unpaired) electrons. The minimum Gasteiger partial charge on any atom is -0.497 e. The van der Waals surface area contributed by atoms with Crippen molar-refractivity contribution >= 4 is 5.91 Å². The molecule has 1 fully saturated rings. The van der Waals surface area contributed by atoms with Gasteiger partial charge < -0.3 is 14.6 Å². The molecule has 0 unspecified atom stereocenters. The average Bonchev–Trinajstić information content (AvgIpc) is 2.94. The van der Waals surface area contributed by atoms with Gasteiger partial charge in [-0.2, -0.15) is 0 Å². The van der Waals surface area contributed by atoms with E-state index in [0.29, 0.717) is 11.3 Å². The maximum absolute atomic E-state index is 12.5. The number of likely N-dealkylation sites (tertiary alicyclic amines) is 1. The van der Waals surface area contributed by atoms with E-state index in [0.717, 1.165) is 49.5 Å². The van der Waals surface area contributed by atoms with Gasteiger partial charge in [-0.3, -0.25) is 9.69 Å². The molecule has 1 aliphatic heterocycles. The van der Waals surface area contributed by atoms with Gasteiger partial charge in [0.2, 0.25) is 0 Å². The Morgan fingerprint density at radius 1 is 1.44 bits per heavy atom. The number of amides is 1. The fraction of sp³-hybridized carbons (Fsp3) is 0.474. The summed E-state index contributed by atoms with van der Waals surface area (Å²) in [7, 11) is 1.60. The lowest BCUT2D eigenvalue weighted by atomic mass is 10.0. The van der Waals surface area contributed by atoms with E-state index in [-0.39, 0.29) is 11.9 Å². The Kier molecular flexibility index (Phi) is 5.38. The third-order valence-electron chi connectivity index (χ3n) is 4.74. The van der Waals surface area contributed by atoms with Crippen molar-refractivity contribution in [2.75, 3.05) is 20.2 Å². The number of ether oxygens (including phenoxy) is 1. The van der Waals surface area contributed by atoms with Crippen molar-refractivity contribution < 1.29 is 14.1 Å². The maximum atomic E-state index is 12.5. The van der Waals surface area contributed by atoms with E-state index in [9.17, 15) is 4.79 Å². The molecule has 134 valence electrons. The molecule has 3 rings (SSSR count). The van der Waals surface area contributed by atoms with Crippen LogP contribution in [0.15, 0.2) is 28.8 Å². The Labute approximate surface area is 148 Å². The lowest BCUT2D eigenvalue weighted by molar-refractivity contribution is 0.0900. The molecule has 0 bridgehead atoms. The van der Waals surface area contributed by atoms with Crippen LogP contribution in [0.1, 0.15) is 40.2 Å². The summed E-state index contributed by atoms with van der Waals surface area (Å²) in [5, 5.41) is 7.17. The van der Waals surface area contributed by atoms with Crippen molar-refractivity contribution in [2.45, 2.75) is 39.3 Å². The summed E-state index contributed by atoms with van der Waals surface area (Å²) in [6, 6.07) is 7.39. The molecule has 2 heterocycles. The molecule has 1 aromatic carbocycles. The van der Waals surface area contributed by atoms with Crippen molar-refractivity contribution in [2.24, 2.45) is 0 Å². The van der Waals surface area contributed by atoms with E-state index in [2.05, 4.69) is 15.4 Å². The Hall–Kier alpha value is -2.34. The topological polar surface area (TPSA) is 67.6 Å². The smallest absolute Gasteiger partial charge is 0.251 e. The number of aryl methyl sites for hydroxylation is 2. The number of carbonyl (C=O) groups excluding carboxylic acids is 1. The van der Waals surface area contributed by atoms with Crippen molar-refractivity contribution in [3.8, 4) is 5.75 Å². The standard InChI is InChI=1S/C19H25N3O3/c1-13-18(14(2)25-21-13)12-22-9-5-7-16(11-22)20-19(23)15-6-4-8-17(10-15)24-3/h4,6,8,10,16H,5,7,9,11-12H2,1-3H3,(H,20,23)/t16-/m0/s1. The molecule has 1 saturated heterocycles. The zero-order valence-electron chi connectivity index (χ0n) is 15.0. The number of piperidine rings is 1. The Bertz CT molecular complexity index is 722. The highest BCUT2D eigenvalue weighted by Crippen LogP contribution is 2.19. The molecule has 1 N–H and O–H groups in total. The average molecular weight is 343 g/mol. The quantitative estimate of drug-likeness (QED) is 0.904. The molecule has 1 atom stereocenters. The number of aromatic nitrogens is 1. The molecule has 0 spiro atoms. The van der Waals surface area contributed by atoms with Crippen molar-refractivity contribution in [1.29, 1.82) is 0 Å². The lowest BCUT2D eigenvalue weighted by Gasteiger charge is -2.33. The van der Waals surface area contributed by atoms with Gasteiger partial charge in [-0.25, -0.2) is 0 Å². The van der Waals surface area contributed by atoms with E-state index in [1.165, 1.54) is 0 Å². The van der Waals surface area contributed by atoms with Gasteiger partial charge in [0.1, 0.15) is 11.5 Å². The number of carbonyl (C=O) groups is 1. The van der Waals surface area contributed by atoms with Gasteiger partial charge in [-0.05, 0) is 51.4 Å². The summed E-state index contributed by atoms with van der Waals surface area (Å²) in [6.07, 6.45) is 2.06. The van der Waals surface area contributed by atoms with E-state index < -0.39 is 0 Å². The van der Waals surface area contributed by atoms with Gasteiger partial charge >= 0.3 is 0 Å². The number of hydrogen-bond acceptors (Lipinski definition) is 5. The first-order valence-corrected chi connectivity index (χ1v) is 8.66. The van der Waals surface area contributed by atoms with Gasteiger partial charge in [-0.1, -0.05) is 11.2 Å². The number of rotatable bonds is 5. The molecular formula is C19H25N3O3. The van der Waals surface area contributed by atoms with Gasteiger partial charge in [0.05, 0.1) is 12.8 Å². The van der Waals surface area contributed by atoms with Crippen LogP contribution in [0.5, 0.6) is 5.75 Å². The number of nitrogens with zero attached hydrogens (tertiary/aromatic N) is 2. The fourth-order valence-corrected chi connectivity index (χ4v) is 3.30. The van der Waals surface area contributed by atoms with Crippen LogP contribution < -0.4 is 10.1 Å². The number of hydrogen-bond donors (Lipinski definition) is 1. The monoisotopic (exact) mass is 343 g/mol. The second-order valence-corrected chi connectivity index (χ2v) is 6.58. The number of methoxy groups -OCH3 is 1. The van der Waals surface area contributed by atoms with Crippen LogP contribution in [0.4, 0.5) is 0 Å². The molecule has 0 aliphatic carbocycles. The van der Waals surface area contributed by atoms with E-state index in [1.807, 2.05) is 32.0 Å². The van der Waals surface area contributed by atoms with Gasteiger partial charge in [0, 0.05) is 30.3 Å². The van der Waals surface area contributed by atoms with Crippen molar-refractivity contribution in [3.63, 3.8) is 0 Å². The summed E-state index contributed by atoms with van der Waals surface area (Å²) in [5.74, 6) is 1.51. The molecule has 1 amide bonds. The number of nitrogens with one attached hydrogen (secondary N) is 1. The van der Waals surface area contributed by atoms with Crippen molar-refractivity contribution in [3.05, 3.63) is 46.8 Å². The predicted octanol–water partition coefficient (Wildman–Crippen LogP) is 2.69. The summed E-state index contributed by atoms with van der Waals surface area (Å²) in [6.45, 7) is 6.58. The van der Waals surface area contributed by atoms with Gasteiger partial charge in [0.25, 0.3) is 5.91 Å². The maximum Gasteiger partial charge on any atom is 0.251 e. The Morgan fingerprint density at radius 2 is 2.28 bits per heavy atom. The first-order valence-electron chi connectivity index (χ1n) is 8.66. The van der Waals surface area contributed by atoms with Crippen molar-refractivity contribution in [1.82, 2.24) is 15.4 Å². The zero-order valence-corrected chi connectivity index (χ0v) is 15.0. The largest absolute Gasteiger partial charge is 0.497 e. The minimum atomic E-state index is -0.0527. The highest BCUT2D eigenvalue weighted by atomic mass is 16.5. The van der Waals surface area contributed by atoms with Gasteiger partial charge in [-0.15, -0.1) is 0 Å². The highest BCUT2D eigenvalue weighted by Gasteiger charge is 2.23. The van der Waals surface area contributed by atoms with Gasteiger partial charge in [0.15, 0.2) is 0 Å². The second kappa shape index (κ2) is 7.70. The Morgan fingerprint density at radius 3 is 3.00 bits per heavy atom. The normalized spacial score (nSPS) is 18.1. The highest BCUT2D eigenvalue weighted by molar-refractivity contribution is 5.94. The van der Waals surface area contributed by atoms with Crippen LogP contribution in [0.3, 0.4) is 0 Å². The third-order valence-corrected chi connectivity index (χ3v) is 4.74. The zero-order chi connectivity index (χ0) is 17.8. The molecule has 2 aromatic rings. The molecule has 1 aliphatic rings. The van der Waals surface area contributed by atoms with Crippen LogP contribution in [0.25, 0.3) is 0 Å². The summed E-state index contributed by atoms with van der Waals surface area (Å²) < 4.78 is 10.4. The summed E-state index contributed by atoms with van der Waals surface area (Å²) in [4.78, 5) is 14.9. The van der Waals surface area contributed by atoms with E-state index in [4.69, 9.17) is 9.26 Å². The molecular weight excluding hydrogens is 318 g/mol.